The van der Waals surface area contributed by atoms with E-state index in [9.17, 15) is 4.79 Å². The monoisotopic (exact) mass is 190 g/mol. The molecule has 0 saturated heterocycles. The van der Waals surface area contributed by atoms with E-state index in [1.54, 1.807) is 0 Å². The maximum atomic E-state index is 11.3. The first-order valence-electron chi connectivity index (χ1n) is 3.86. The number of rotatable bonds is 4. The number of nitrogens with zero attached hydrogens (tertiary/aromatic N) is 4. The van der Waals surface area contributed by atoms with Gasteiger partial charge in [-0.2, -0.15) is 9.36 Å². The molecule has 0 bridgehead atoms. The minimum atomic E-state index is -0.183. The van der Waals surface area contributed by atoms with E-state index < -0.39 is 0 Å². The Morgan fingerprint density at radius 2 is 1.92 bits per heavy atom. The summed E-state index contributed by atoms with van der Waals surface area (Å²) in [4.78, 5) is 11.3. The van der Waals surface area contributed by atoms with Gasteiger partial charge < -0.3 is 0 Å². The first-order valence-corrected chi connectivity index (χ1v) is 4.39. The lowest BCUT2D eigenvalue weighted by atomic mass is 10.5. The second-order valence-electron chi connectivity index (χ2n) is 2.40. The summed E-state index contributed by atoms with van der Waals surface area (Å²) in [5, 5.41) is 7.34. The Labute approximate surface area is 74.9 Å². The summed E-state index contributed by atoms with van der Waals surface area (Å²) >= 11 is 5.46. The highest BCUT2D eigenvalue weighted by molar-refractivity contribution is 6.17. The molecule has 0 aliphatic heterocycles. The molecule has 0 aromatic carbocycles. The molecule has 0 atom stereocenters. The van der Waals surface area contributed by atoms with Crippen LogP contribution in [0.5, 0.6) is 0 Å². The summed E-state index contributed by atoms with van der Waals surface area (Å²) in [6, 6.07) is 0. The molecule has 0 N–H and O–H groups in total. The molecule has 0 saturated carbocycles. The quantitative estimate of drug-likeness (QED) is 0.633. The summed E-state index contributed by atoms with van der Waals surface area (Å²) in [5.74, 6) is 0.380. The minimum absolute atomic E-state index is 0.183. The van der Waals surface area contributed by atoms with Crippen molar-refractivity contribution in [1.82, 2.24) is 19.8 Å². The Kier molecular flexibility index (Phi) is 3.28. The summed E-state index contributed by atoms with van der Waals surface area (Å²) in [5.41, 5.74) is -0.183. The van der Waals surface area contributed by atoms with Crippen LogP contribution in [0.15, 0.2) is 4.79 Å². The topological polar surface area (TPSA) is 52.7 Å². The first kappa shape index (κ1) is 9.25. The van der Waals surface area contributed by atoms with Crippen LogP contribution in [0, 0.1) is 0 Å². The molecule has 0 radical (unpaired) electrons. The molecule has 0 fully saturated rings. The third-order valence-electron chi connectivity index (χ3n) is 1.43. The summed E-state index contributed by atoms with van der Waals surface area (Å²) < 4.78 is 2.61. The van der Waals surface area contributed by atoms with Crippen LogP contribution in [0.3, 0.4) is 0 Å². The maximum Gasteiger partial charge on any atom is 0.363 e. The number of hydrogen-bond donors (Lipinski definition) is 0. The Balaban J connectivity index is 2.81. The van der Waals surface area contributed by atoms with Crippen molar-refractivity contribution in [2.75, 3.05) is 5.88 Å². The van der Waals surface area contributed by atoms with Crippen molar-refractivity contribution in [1.29, 1.82) is 0 Å². The van der Waals surface area contributed by atoms with E-state index in [1.807, 2.05) is 6.92 Å². The zero-order valence-electron chi connectivity index (χ0n) is 6.90. The second-order valence-corrected chi connectivity index (χ2v) is 2.77. The molecule has 0 unspecified atom stereocenters. The fourth-order valence-corrected chi connectivity index (χ4v) is 1.04. The fourth-order valence-electron chi connectivity index (χ4n) is 0.879. The van der Waals surface area contributed by atoms with Gasteiger partial charge in [-0.3, -0.25) is 0 Å². The molecule has 1 aromatic heterocycles. The highest BCUT2D eigenvalue weighted by atomic mass is 35.5. The molecule has 5 nitrogen and oxygen atoms in total. The van der Waals surface area contributed by atoms with Crippen LogP contribution >= 0.6 is 11.6 Å². The van der Waals surface area contributed by atoms with Gasteiger partial charge in [0.25, 0.3) is 0 Å². The highest BCUT2D eigenvalue weighted by Crippen LogP contribution is 1.82. The highest BCUT2D eigenvalue weighted by Gasteiger charge is 2.03. The Hall–Kier alpha value is -0.840. The molecule has 1 aromatic rings. The number of halogens is 1. The maximum absolute atomic E-state index is 11.3. The predicted molar refractivity (Wildman–Crippen MR) is 45.3 cm³/mol. The van der Waals surface area contributed by atoms with Gasteiger partial charge in [0.05, 0.1) is 6.54 Å². The average Bonchev–Trinajstić information content (AvgIpc) is 2.38. The van der Waals surface area contributed by atoms with Crippen molar-refractivity contribution in [3.63, 3.8) is 0 Å². The third kappa shape index (κ3) is 1.85. The van der Waals surface area contributed by atoms with Gasteiger partial charge in [0.1, 0.15) is 0 Å². The van der Waals surface area contributed by atoms with Crippen molar-refractivity contribution in [2.24, 2.45) is 0 Å². The Morgan fingerprint density at radius 1 is 1.33 bits per heavy atom. The second kappa shape index (κ2) is 4.25. The smallest absolute Gasteiger partial charge is 0.244 e. The fraction of sp³-hybridized carbons (Fsp3) is 0.833. The summed E-state index contributed by atoms with van der Waals surface area (Å²) in [6.07, 6.45) is 0.874. The molecule has 0 amide bonds. The van der Waals surface area contributed by atoms with Gasteiger partial charge in [-0.25, -0.2) is 4.79 Å². The lowest BCUT2D eigenvalue weighted by molar-refractivity contribution is 0.564. The molecule has 0 spiro atoms. The number of alkyl halides is 1. The van der Waals surface area contributed by atoms with Crippen LogP contribution in [-0.4, -0.2) is 25.7 Å². The van der Waals surface area contributed by atoms with E-state index in [1.165, 1.54) is 9.36 Å². The summed E-state index contributed by atoms with van der Waals surface area (Å²) in [6.45, 7) is 3.01. The van der Waals surface area contributed by atoms with Crippen LogP contribution < -0.4 is 5.69 Å². The number of hydrogen-bond acceptors (Lipinski definition) is 3. The van der Waals surface area contributed by atoms with E-state index in [0.29, 0.717) is 19.0 Å². The van der Waals surface area contributed by atoms with Gasteiger partial charge in [0.2, 0.25) is 0 Å². The van der Waals surface area contributed by atoms with E-state index >= 15 is 0 Å². The lowest BCUT2D eigenvalue weighted by Gasteiger charge is -1.92. The molecule has 0 aliphatic rings. The first-order chi connectivity index (χ1) is 5.79. The Morgan fingerprint density at radius 3 is 2.42 bits per heavy atom. The van der Waals surface area contributed by atoms with Crippen molar-refractivity contribution >= 4 is 11.6 Å². The van der Waals surface area contributed by atoms with E-state index in [4.69, 9.17) is 11.6 Å². The standard InChI is InChI=1S/C6H11ClN4O/c1-2-4-10-6(12)11(5-3-7)9-8-10/h2-5H2,1H3. The number of tetrazole rings is 1. The van der Waals surface area contributed by atoms with E-state index in [2.05, 4.69) is 10.4 Å². The van der Waals surface area contributed by atoms with Gasteiger partial charge in [-0.1, -0.05) is 6.92 Å². The zero-order chi connectivity index (χ0) is 8.97. The van der Waals surface area contributed by atoms with Gasteiger partial charge in [-0.15, -0.1) is 11.6 Å². The zero-order valence-corrected chi connectivity index (χ0v) is 7.66. The molecule has 1 rings (SSSR count). The Bertz CT molecular complexity index is 265. The molecule has 6 heteroatoms. The van der Waals surface area contributed by atoms with Crippen molar-refractivity contribution in [3.8, 4) is 0 Å². The van der Waals surface area contributed by atoms with Gasteiger partial charge in [0, 0.05) is 12.4 Å². The molecule has 12 heavy (non-hydrogen) atoms. The molecular formula is C6H11ClN4O. The van der Waals surface area contributed by atoms with Crippen molar-refractivity contribution < 1.29 is 0 Å². The van der Waals surface area contributed by atoms with Crippen LogP contribution in [0.25, 0.3) is 0 Å². The van der Waals surface area contributed by atoms with Crippen molar-refractivity contribution in [3.05, 3.63) is 10.5 Å². The molecule has 1 heterocycles. The van der Waals surface area contributed by atoms with Crippen LogP contribution in [-0.2, 0) is 13.1 Å². The van der Waals surface area contributed by atoms with E-state index in [0.717, 1.165) is 6.42 Å². The van der Waals surface area contributed by atoms with Gasteiger partial charge >= 0.3 is 5.69 Å². The minimum Gasteiger partial charge on any atom is -0.244 e. The van der Waals surface area contributed by atoms with Gasteiger partial charge in [0.15, 0.2) is 0 Å². The predicted octanol–water partition coefficient (Wildman–Crippen LogP) is 0.0886. The van der Waals surface area contributed by atoms with E-state index in [-0.39, 0.29) is 5.69 Å². The lowest BCUT2D eigenvalue weighted by Crippen LogP contribution is -2.25. The summed E-state index contributed by atoms with van der Waals surface area (Å²) in [7, 11) is 0. The van der Waals surface area contributed by atoms with Gasteiger partial charge in [-0.05, 0) is 16.8 Å². The largest absolute Gasteiger partial charge is 0.363 e. The van der Waals surface area contributed by atoms with Crippen LogP contribution in [0.4, 0.5) is 0 Å². The number of aromatic nitrogens is 4. The SMILES string of the molecule is CCCn1nnn(CCCl)c1=O. The number of aryl methyl sites for hydroxylation is 2. The molecular weight excluding hydrogens is 180 g/mol. The van der Waals surface area contributed by atoms with Crippen LogP contribution in [0.2, 0.25) is 0 Å². The average molecular weight is 191 g/mol. The third-order valence-corrected chi connectivity index (χ3v) is 1.60. The molecule has 68 valence electrons. The van der Waals surface area contributed by atoms with Crippen LogP contribution in [0.1, 0.15) is 13.3 Å². The molecule has 0 aliphatic carbocycles. The van der Waals surface area contributed by atoms with Crippen molar-refractivity contribution in [2.45, 2.75) is 26.4 Å². The normalized spacial score (nSPS) is 10.5.